The van der Waals surface area contributed by atoms with Crippen LogP contribution in [0, 0.1) is 0 Å². The van der Waals surface area contributed by atoms with Crippen LogP contribution in [0.4, 0.5) is 0 Å². The molecule has 0 aromatic heterocycles. The first kappa shape index (κ1) is 21.9. The third-order valence-corrected chi connectivity index (χ3v) is 4.70. The second kappa shape index (κ2) is 10.8. The van der Waals surface area contributed by atoms with Gasteiger partial charge in [-0.25, -0.2) is 0 Å². The second-order valence-corrected chi connectivity index (χ2v) is 7.09. The molecule has 2 aromatic carbocycles. The van der Waals surface area contributed by atoms with E-state index in [9.17, 15) is 14.7 Å². The molecular formula is C21H26ClN3O3. The molecule has 150 valence electrons. The molecule has 2 amide bonds. The van der Waals surface area contributed by atoms with Gasteiger partial charge in [0.1, 0.15) is 6.04 Å². The normalized spacial score (nSPS) is 12.9. The number of nitrogens with two attached hydrogens (primary N) is 1. The number of aliphatic hydroxyl groups is 1. The molecule has 2 aromatic rings. The average Bonchev–Trinajstić information content (AvgIpc) is 2.70. The Morgan fingerprint density at radius 1 is 1.11 bits per heavy atom. The SMILES string of the molecule is C[C@H](NC(=O)[C@H](N)CCc1ccccc1)C(=O)NCc1cc(Cl)ccc1CO. The van der Waals surface area contributed by atoms with Crippen LogP contribution in [0.5, 0.6) is 0 Å². The molecule has 0 aliphatic heterocycles. The van der Waals surface area contributed by atoms with Gasteiger partial charge in [-0.15, -0.1) is 0 Å². The third-order valence-electron chi connectivity index (χ3n) is 4.47. The molecule has 0 heterocycles. The molecular weight excluding hydrogens is 378 g/mol. The van der Waals surface area contributed by atoms with Gasteiger partial charge in [-0.3, -0.25) is 9.59 Å². The van der Waals surface area contributed by atoms with Crippen LogP contribution in [0.1, 0.15) is 30.0 Å². The van der Waals surface area contributed by atoms with Crippen LogP contribution in [0.25, 0.3) is 0 Å². The number of carbonyl (C=O) groups excluding carboxylic acids is 2. The number of aliphatic hydroxyl groups excluding tert-OH is 1. The minimum atomic E-state index is -0.730. The van der Waals surface area contributed by atoms with Gasteiger partial charge in [0, 0.05) is 11.6 Å². The Labute approximate surface area is 170 Å². The van der Waals surface area contributed by atoms with Crippen LogP contribution in [0.15, 0.2) is 48.5 Å². The van der Waals surface area contributed by atoms with Crippen molar-refractivity contribution in [2.24, 2.45) is 5.73 Å². The predicted molar refractivity (Wildman–Crippen MR) is 110 cm³/mol. The zero-order valence-corrected chi connectivity index (χ0v) is 16.6. The van der Waals surface area contributed by atoms with Crippen molar-refractivity contribution in [3.8, 4) is 0 Å². The van der Waals surface area contributed by atoms with Gasteiger partial charge >= 0.3 is 0 Å². The lowest BCUT2D eigenvalue weighted by molar-refractivity contribution is -0.129. The number of rotatable bonds is 9. The number of nitrogens with one attached hydrogen (secondary N) is 2. The van der Waals surface area contributed by atoms with Gasteiger partial charge in [0.25, 0.3) is 0 Å². The van der Waals surface area contributed by atoms with E-state index < -0.39 is 12.1 Å². The van der Waals surface area contributed by atoms with Crippen molar-refractivity contribution in [1.82, 2.24) is 10.6 Å². The number of halogens is 1. The molecule has 0 spiro atoms. The first-order valence-corrected chi connectivity index (χ1v) is 9.54. The molecule has 5 N–H and O–H groups in total. The lowest BCUT2D eigenvalue weighted by atomic mass is 10.1. The topological polar surface area (TPSA) is 104 Å². The molecule has 0 aliphatic carbocycles. The second-order valence-electron chi connectivity index (χ2n) is 6.65. The van der Waals surface area contributed by atoms with Crippen molar-refractivity contribution in [2.75, 3.05) is 0 Å². The van der Waals surface area contributed by atoms with Crippen molar-refractivity contribution < 1.29 is 14.7 Å². The first-order valence-electron chi connectivity index (χ1n) is 9.16. The molecule has 0 saturated carbocycles. The Balaban J connectivity index is 1.81. The fraction of sp³-hybridized carbons (Fsp3) is 0.333. The average molecular weight is 404 g/mol. The molecule has 0 unspecified atom stereocenters. The zero-order chi connectivity index (χ0) is 20.5. The highest BCUT2D eigenvalue weighted by atomic mass is 35.5. The molecule has 2 atom stereocenters. The van der Waals surface area contributed by atoms with E-state index in [0.717, 1.165) is 11.1 Å². The summed E-state index contributed by atoms with van der Waals surface area (Å²) in [6.07, 6.45) is 1.18. The van der Waals surface area contributed by atoms with Crippen LogP contribution in [0.2, 0.25) is 5.02 Å². The summed E-state index contributed by atoms with van der Waals surface area (Å²) in [6.45, 7) is 1.66. The number of hydrogen-bond donors (Lipinski definition) is 4. The van der Waals surface area contributed by atoms with E-state index in [0.29, 0.717) is 23.4 Å². The smallest absolute Gasteiger partial charge is 0.242 e. The van der Waals surface area contributed by atoms with Crippen LogP contribution in [0.3, 0.4) is 0 Å². The molecule has 0 radical (unpaired) electrons. The van der Waals surface area contributed by atoms with Crippen LogP contribution >= 0.6 is 11.6 Å². The summed E-state index contributed by atoms with van der Waals surface area (Å²) in [6, 6.07) is 13.4. The summed E-state index contributed by atoms with van der Waals surface area (Å²) in [7, 11) is 0. The van der Waals surface area contributed by atoms with E-state index in [4.69, 9.17) is 17.3 Å². The Kier molecular flexibility index (Phi) is 8.44. The predicted octanol–water partition coefficient (Wildman–Crippen LogP) is 1.91. The lowest BCUT2D eigenvalue weighted by Gasteiger charge is -2.18. The van der Waals surface area contributed by atoms with Gasteiger partial charge in [0.05, 0.1) is 12.6 Å². The Bertz CT molecular complexity index is 799. The maximum Gasteiger partial charge on any atom is 0.242 e. The quantitative estimate of drug-likeness (QED) is 0.513. The number of amides is 2. The van der Waals surface area contributed by atoms with Crippen molar-refractivity contribution in [3.05, 3.63) is 70.2 Å². The molecule has 28 heavy (non-hydrogen) atoms. The van der Waals surface area contributed by atoms with E-state index >= 15 is 0 Å². The number of aryl methyl sites for hydroxylation is 1. The maximum absolute atomic E-state index is 12.3. The van der Waals surface area contributed by atoms with Gasteiger partial charge in [-0.1, -0.05) is 48.0 Å². The molecule has 0 bridgehead atoms. The van der Waals surface area contributed by atoms with Gasteiger partial charge in [0.2, 0.25) is 11.8 Å². The Morgan fingerprint density at radius 3 is 2.50 bits per heavy atom. The summed E-state index contributed by atoms with van der Waals surface area (Å²) in [5, 5.41) is 15.3. The molecule has 2 rings (SSSR count). The van der Waals surface area contributed by atoms with Crippen molar-refractivity contribution in [3.63, 3.8) is 0 Å². The Hall–Kier alpha value is -2.41. The van der Waals surface area contributed by atoms with Crippen molar-refractivity contribution in [2.45, 2.75) is 45.0 Å². The lowest BCUT2D eigenvalue weighted by Crippen LogP contribution is -2.50. The zero-order valence-electron chi connectivity index (χ0n) is 15.8. The highest BCUT2D eigenvalue weighted by Crippen LogP contribution is 2.16. The van der Waals surface area contributed by atoms with E-state index in [-0.39, 0.29) is 25.0 Å². The first-order chi connectivity index (χ1) is 13.4. The summed E-state index contributed by atoms with van der Waals surface area (Å²) >= 11 is 5.96. The van der Waals surface area contributed by atoms with Crippen molar-refractivity contribution in [1.29, 1.82) is 0 Å². The monoisotopic (exact) mass is 403 g/mol. The molecule has 0 aliphatic rings. The van der Waals surface area contributed by atoms with E-state index in [2.05, 4.69) is 10.6 Å². The van der Waals surface area contributed by atoms with Gasteiger partial charge in [0.15, 0.2) is 0 Å². The largest absolute Gasteiger partial charge is 0.392 e. The molecule has 0 saturated heterocycles. The third kappa shape index (κ3) is 6.64. The van der Waals surface area contributed by atoms with E-state index in [1.165, 1.54) is 0 Å². The van der Waals surface area contributed by atoms with Crippen molar-refractivity contribution >= 4 is 23.4 Å². The number of benzene rings is 2. The highest BCUT2D eigenvalue weighted by Gasteiger charge is 2.20. The summed E-state index contributed by atoms with van der Waals surface area (Å²) in [5.41, 5.74) is 8.46. The fourth-order valence-corrected chi connectivity index (χ4v) is 2.93. The molecule has 6 nitrogen and oxygen atoms in total. The highest BCUT2D eigenvalue weighted by molar-refractivity contribution is 6.30. The van der Waals surface area contributed by atoms with E-state index in [1.807, 2.05) is 30.3 Å². The molecule has 7 heteroatoms. The standard InChI is InChI=1S/C21H26ClN3O3/c1-14(20(27)24-12-17-11-18(22)9-8-16(17)13-26)25-21(28)19(23)10-7-15-5-3-2-4-6-15/h2-6,8-9,11,14,19,26H,7,10,12-13,23H2,1H3,(H,24,27)(H,25,28)/t14-,19+/m0/s1. The number of carbonyl (C=O) groups is 2. The maximum atomic E-state index is 12.3. The fourth-order valence-electron chi connectivity index (χ4n) is 2.73. The summed E-state index contributed by atoms with van der Waals surface area (Å²) in [4.78, 5) is 24.5. The van der Waals surface area contributed by atoms with E-state index in [1.54, 1.807) is 25.1 Å². The summed E-state index contributed by atoms with van der Waals surface area (Å²) in [5.74, 6) is -0.704. The number of hydrogen-bond acceptors (Lipinski definition) is 4. The molecule has 0 fully saturated rings. The van der Waals surface area contributed by atoms with Gasteiger partial charge in [-0.05, 0) is 48.6 Å². The minimum Gasteiger partial charge on any atom is -0.392 e. The van der Waals surface area contributed by atoms with Crippen LogP contribution in [-0.4, -0.2) is 29.0 Å². The van der Waals surface area contributed by atoms with Crippen LogP contribution < -0.4 is 16.4 Å². The summed E-state index contributed by atoms with van der Waals surface area (Å²) < 4.78 is 0. The van der Waals surface area contributed by atoms with Gasteiger partial charge < -0.3 is 21.5 Å². The van der Waals surface area contributed by atoms with Crippen LogP contribution in [-0.2, 0) is 29.2 Å². The minimum absolute atomic E-state index is 0.148. The van der Waals surface area contributed by atoms with Gasteiger partial charge in [-0.2, -0.15) is 0 Å². The Morgan fingerprint density at radius 2 is 1.82 bits per heavy atom.